The van der Waals surface area contributed by atoms with E-state index in [2.05, 4.69) is 25.5 Å². The van der Waals surface area contributed by atoms with E-state index in [4.69, 9.17) is 0 Å². The van der Waals surface area contributed by atoms with Gasteiger partial charge in [0, 0.05) is 24.5 Å². The van der Waals surface area contributed by atoms with Gasteiger partial charge < -0.3 is 14.8 Å². The molecule has 1 amide bonds. The summed E-state index contributed by atoms with van der Waals surface area (Å²) >= 11 is 0. The summed E-state index contributed by atoms with van der Waals surface area (Å²) in [5.41, 5.74) is 1.54. The molecule has 1 aliphatic heterocycles. The summed E-state index contributed by atoms with van der Waals surface area (Å²) < 4.78 is 39.4. The van der Waals surface area contributed by atoms with Crippen LogP contribution in [0, 0.1) is 13.8 Å². The number of rotatable bonds is 3. The fourth-order valence-corrected chi connectivity index (χ4v) is 2.65. The molecule has 0 aromatic carbocycles. The predicted molar refractivity (Wildman–Crippen MR) is 80.4 cm³/mol. The van der Waals surface area contributed by atoms with Crippen molar-refractivity contribution in [1.82, 2.24) is 29.6 Å². The van der Waals surface area contributed by atoms with Crippen molar-refractivity contribution in [2.75, 3.05) is 18.4 Å². The number of amides is 1. The van der Waals surface area contributed by atoms with Crippen molar-refractivity contribution in [1.29, 1.82) is 0 Å². The predicted octanol–water partition coefficient (Wildman–Crippen LogP) is 1.16. The first-order valence-electron chi connectivity index (χ1n) is 7.57. The van der Waals surface area contributed by atoms with Crippen LogP contribution in [-0.4, -0.2) is 48.6 Å². The maximum absolute atomic E-state index is 12.8. The van der Waals surface area contributed by atoms with E-state index in [0.717, 1.165) is 16.0 Å². The SMILES string of the molecule is Cc1cc(C)nc(NCC(=O)N2CCn3c(nnc3C(F)(F)F)C2)n1. The molecule has 1 aliphatic rings. The molecule has 0 fully saturated rings. The van der Waals surface area contributed by atoms with Crippen molar-refractivity contribution < 1.29 is 18.0 Å². The molecule has 2 aromatic rings. The lowest BCUT2D eigenvalue weighted by atomic mass is 10.3. The first-order valence-corrected chi connectivity index (χ1v) is 7.57. The molecule has 0 radical (unpaired) electrons. The number of aromatic nitrogens is 5. The van der Waals surface area contributed by atoms with E-state index < -0.39 is 12.0 Å². The second-order valence-electron chi connectivity index (χ2n) is 5.73. The Morgan fingerprint density at radius 3 is 2.52 bits per heavy atom. The minimum Gasteiger partial charge on any atom is -0.345 e. The molecule has 1 N–H and O–H groups in total. The van der Waals surface area contributed by atoms with E-state index >= 15 is 0 Å². The van der Waals surface area contributed by atoms with Gasteiger partial charge in [-0.05, 0) is 19.9 Å². The lowest BCUT2D eigenvalue weighted by Crippen LogP contribution is -2.42. The number of nitrogens with one attached hydrogen (secondary N) is 1. The number of carbonyl (C=O) groups is 1. The van der Waals surface area contributed by atoms with E-state index in [9.17, 15) is 18.0 Å². The molecular formula is C14H16F3N7O. The van der Waals surface area contributed by atoms with Crippen LogP contribution in [0.25, 0.3) is 0 Å². The van der Waals surface area contributed by atoms with Crippen LogP contribution in [0.15, 0.2) is 6.07 Å². The average Bonchev–Trinajstić information content (AvgIpc) is 2.94. The van der Waals surface area contributed by atoms with Crippen LogP contribution < -0.4 is 5.32 Å². The zero-order valence-electron chi connectivity index (χ0n) is 13.6. The largest absolute Gasteiger partial charge is 0.451 e. The number of anilines is 1. The number of hydrogen-bond acceptors (Lipinski definition) is 6. The average molecular weight is 355 g/mol. The molecule has 0 spiro atoms. The van der Waals surface area contributed by atoms with Crippen molar-refractivity contribution in [3.8, 4) is 0 Å². The highest BCUT2D eigenvalue weighted by molar-refractivity contribution is 5.80. The van der Waals surface area contributed by atoms with Gasteiger partial charge in [0.1, 0.15) is 0 Å². The Morgan fingerprint density at radius 1 is 1.20 bits per heavy atom. The molecule has 25 heavy (non-hydrogen) atoms. The number of hydrogen-bond donors (Lipinski definition) is 1. The van der Waals surface area contributed by atoms with Gasteiger partial charge >= 0.3 is 6.18 Å². The molecular weight excluding hydrogens is 339 g/mol. The van der Waals surface area contributed by atoms with Gasteiger partial charge in [-0.15, -0.1) is 10.2 Å². The van der Waals surface area contributed by atoms with Crippen LogP contribution in [0.1, 0.15) is 23.0 Å². The first-order chi connectivity index (χ1) is 11.7. The van der Waals surface area contributed by atoms with Crippen LogP contribution in [0.5, 0.6) is 0 Å². The van der Waals surface area contributed by atoms with Crippen molar-refractivity contribution in [2.45, 2.75) is 33.1 Å². The van der Waals surface area contributed by atoms with Crippen LogP contribution in [0.4, 0.5) is 19.1 Å². The van der Waals surface area contributed by atoms with Gasteiger partial charge in [-0.2, -0.15) is 13.2 Å². The van der Waals surface area contributed by atoms with Crippen molar-refractivity contribution in [3.63, 3.8) is 0 Å². The van der Waals surface area contributed by atoms with Crippen LogP contribution in [-0.2, 0) is 24.1 Å². The Labute approximate surface area is 141 Å². The number of fused-ring (bicyclic) bond motifs is 1. The third-order valence-electron chi connectivity index (χ3n) is 3.74. The van der Waals surface area contributed by atoms with E-state index in [1.807, 2.05) is 19.9 Å². The van der Waals surface area contributed by atoms with Gasteiger partial charge in [-0.1, -0.05) is 0 Å². The summed E-state index contributed by atoms with van der Waals surface area (Å²) in [5, 5.41) is 9.58. The molecule has 0 saturated heterocycles. The highest BCUT2D eigenvalue weighted by Gasteiger charge is 2.39. The van der Waals surface area contributed by atoms with Crippen molar-refractivity contribution in [3.05, 3.63) is 29.1 Å². The summed E-state index contributed by atoms with van der Waals surface area (Å²) in [7, 11) is 0. The Balaban J connectivity index is 1.64. The lowest BCUT2D eigenvalue weighted by Gasteiger charge is -2.28. The molecule has 0 bridgehead atoms. The summed E-state index contributed by atoms with van der Waals surface area (Å²) in [5.74, 6) is -0.845. The van der Waals surface area contributed by atoms with Crippen LogP contribution in [0.3, 0.4) is 0 Å². The second kappa shape index (κ2) is 6.30. The highest BCUT2D eigenvalue weighted by Crippen LogP contribution is 2.29. The third-order valence-corrected chi connectivity index (χ3v) is 3.74. The summed E-state index contributed by atoms with van der Waals surface area (Å²) in [6, 6.07) is 1.81. The second-order valence-corrected chi connectivity index (χ2v) is 5.73. The van der Waals surface area contributed by atoms with Gasteiger partial charge in [0.2, 0.25) is 17.7 Å². The van der Waals surface area contributed by atoms with Gasteiger partial charge in [-0.25, -0.2) is 9.97 Å². The van der Waals surface area contributed by atoms with E-state index in [-0.39, 0.29) is 37.9 Å². The van der Waals surface area contributed by atoms with Crippen molar-refractivity contribution in [2.24, 2.45) is 0 Å². The first kappa shape index (κ1) is 17.1. The Morgan fingerprint density at radius 2 is 1.88 bits per heavy atom. The smallest absolute Gasteiger partial charge is 0.345 e. The standard InChI is InChI=1S/C14H16F3N7O/c1-8-5-9(2)20-13(19-8)18-6-11(25)23-3-4-24-10(7-23)21-22-12(24)14(15,16)17/h5H,3-4,6-7H2,1-2H3,(H,18,19,20). The molecule has 134 valence electrons. The molecule has 0 saturated carbocycles. The maximum atomic E-state index is 12.8. The fraction of sp³-hybridized carbons (Fsp3) is 0.500. The van der Waals surface area contributed by atoms with Gasteiger partial charge in [-0.3, -0.25) is 4.79 Å². The fourth-order valence-electron chi connectivity index (χ4n) is 2.65. The van der Waals surface area contributed by atoms with E-state index in [0.29, 0.717) is 5.95 Å². The van der Waals surface area contributed by atoms with E-state index in [1.54, 1.807) is 0 Å². The quantitative estimate of drug-likeness (QED) is 0.889. The Kier molecular flexibility index (Phi) is 4.31. The Bertz CT molecular complexity index is 782. The number of aryl methyl sites for hydroxylation is 2. The third kappa shape index (κ3) is 3.69. The maximum Gasteiger partial charge on any atom is 0.451 e. The normalized spacial score (nSPS) is 14.4. The zero-order valence-corrected chi connectivity index (χ0v) is 13.6. The summed E-state index contributed by atoms with van der Waals surface area (Å²) in [6.45, 7) is 3.72. The monoisotopic (exact) mass is 355 g/mol. The summed E-state index contributed by atoms with van der Waals surface area (Å²) in [6.07, 6.45) is -4.56. The number of nitrogens with zero attached hydrogens (tertiary/aromatic N) is 6. The van der Waals surface area contributed by atoms with Crippen LogP contribution >= 0.6 is 0 Å². The van der Waals surface area contributed by atoms with Gasteiger partial charge in [0.05, 0.1) is 13.1 Å². The highest BCUT2D eigenvalue weighted by atomic mass is 19.4. The van der Waals surface area contributed by atoms with Crippen molar-refractivity contribution >= 4 is 11.9 Å². The van der Waals surface area contributed by atoms with Gasteiger partial charge in [0.15, 0.2) is 5.82 Å². The minimum absolute atomic E-state index is 0.00295. The molecule has 0 unspecified atom stereocenters. The molecule has 0 atom stereocenters. The molecule has 0 aliphatic carbocycles. The molecule has 8 nitrogen and oxygen atoms in total. The number of alkyl halides is 3. The van der Waals surface area contributed by atoms with E-state index in [1.165, 1.54) is 4.90 Å². The molecule has 3 rings (SSSR count). The number of halogens is 3. The topological polar surface area (TPSA) is 88.8 Å². The molecule has 3 heterocycles. The molecule has 2 aromatic heterocycles. The lowest BCUT2D eigenvalue weighted by molar-refractivity contribution is -0.148. The van der Waals surface area contributed by atoms with Gasteiger partial charge in [0.25, 0.3) is 0 Å². The Hall–Kier alpha value is -2.72. The molecule has 11 heteroatoms. The summed E-state index contributed by atoms with van der Waals surface area (Å²) in [4.78, 5) is 22.1. The number of carbonyl (C=O) groups excluding carboxylic acids is 1. The van der Waals surface area contributed by atoms with Crippen LogP contribution in [0.2, 0.25) is 0 Å². The zero-order chi connectivity index (χ0) is 18.2. The minimum atomic E-state index is -4.56.